The second-order valence-electron chi connectivity index (χ2n) is 8.58. The monoisotopic (exact) mass is 495 g/mol. The number of rotatable bonds is 7. The highest BCUT2D eigenvalue weighted by atomic mass is 32.1. The topological polar surface area (TPSA) is 95.5 Å². The average Bonchev–Trinajstić information content (AvgIpc) is 3.61. The number of amides is 4. The zero-order valence-electron chi connectivity index (χ0n) is 18.6. The summed E-state index contributed by atoms with van der Waals surface area (Å²) >= 11 is 3.09. The van der Waals surface area contributed by atoms with Crippen molar-refractivity contribution in [3.8, 4) is 0 Å². The van der Waals surface area contributed by atoms with Crippen LogP contribution in [0.15, 0.2) is 52.9 Å². The predicted octanol–water partition coefficient (Wildman–Crippen LogP) is 3.07. The van der Waals surface area contributed by atoms with Crippen molar-refractivity contribution in [3.05, 3.63) is 69.1 Å². The molecule has 5 heterocycles. The fourth-order valence-corrected chi connectivity index (χ4v) is 6.19. The number of urea groups is 1. The van der Waals surface area contributed by atoms with E-state index in [2.05, 4.69) is 15.3 Å². The summed E-state index contributed by atoms with van der Waals surface area (Å²) in [5.41, 5.74) is 2.04. The van der Waals surface area contributed by atoms with Gasteiger partial charge < -0.3 is 10.2 Å². The van der Waals surface area contributed by atoms with E-state index in [0.29, 0.717) is 44.5 Å². The van der Waals surface area contributed by atoms with E-state index in [1.54, 1.807) is 35.3 Å². The Bertz CT molecular complexity index is 1140. The fourth-order valence-electron chi connectivity index (χ4n) is 4.93. The van der Waals surface area contributed by atoms with E-state index in [-0.39, 0.29) is 30.2 Å². The average molecular weight is 496 g/mol. The number of pyridine rings is 1. The van der Waals surface area contributed by atoms with Crippen molar-refractivity contribution in [3.63, 3.8) is 0 Å². The molecule has 8 nitrogen and oxygen atoms in total. The Morgan fingerprint density at radius 2 is 2.06 bits per heavy atom. The van der Waals surface area contributed by atoms with E-state index in [9.17, 15) is 14.4 Å². The number of piperidine rings is 1. The molecule has 2 saturated heterocycles. The van der Waals surface area contributed by atoms with Crippen molar-refractivity contribution in [1.82, 2.24) is 25.1 Å². The van der Waals surface area contributed by atoms with E-state index in [4.69, 9.17) is 0 Å². The number of carbonyl (C=O) groups excluding carboxylic acids is 3. The number of thiazole rings is 1. The van der Waals surface area contributed by atoms with Crippen LogP contribution < -0.4 is 5.32 Å². The smallest absolute Gasteiger partial charge is 0.325 e. The van der Waals surface area contributed by atoms with Gasteiger partial charge in [0.25, 0.3) is 5.91 Å². The van der Waals surface area contributed by atoms with Crippen molar-refractivity contribution in [2.45, 2.75) is 31.2 Å². The maximum atomic E-state index is 13.9. The zero-order chi connectivity index (χ0) is 23.5. The summed E-state index contributed by atoms with van der Waals surface area (Å²) < 4.78 is 0. The van der Waals surface area contributed by atoms with Crippen LogP contribution in [0.1, 0.15) is 29.0 Å². The van der Waals surface area contributed by atoms with Crippen LogP contribution in [0.2, 0.25) is 0 Å². The molecule has 5 rings (SSSR count). The lowest BCUT2D eigenvalue weighted by molar-refractivity contribution is -0.136. The van der Waals surface area contributed by atoms with E-state index in [0.717, 1.165) is 10.6 Å². The first kappa shape index (κ1) is 22.7. The maximum absolute atomic E-state index is 13.9. The van der Waals surface area contributed by atoms with Crippen LogP contribution in [-0.4, -0.2) is 57.2 Å². The van der Waals surface area contributed by atoms with Crippen LogP contribution in [0.4, 0.5) is 4.79 Å². The van der Waals surface area contributed by atoms with E-state index < -0.39 is 5.54 Å². The molecule has 0 aliphatic carbocycles. The van der Waals surface area contributed by atoms with Crippen LogP contribution in [0.5, 0.6) is 0 Å². The van der Waals surface area contributed by atoms with Gasteiger partial charge in [-0.25, -0.2) is 9.78 Å². The summed E-state index contributed by atoms with van der Waals surface area (Å²) in [7, 11) is 0. The van der Waals surface area contributed by atoms with Crippen LogP contribution in [0, 0.1) is 5.92 Å². The minimum Gasteiger partial charge on any atom is -0.342 e. The Labute approximate surface area is 205 Å². The van der Waals surface area contributed by atoms with Gasteiger partial charge in [-0.2, -0.15) is 0 Å². The molecule has 1 atom stereocenters. The van der Waals surface area contributed by atoms with Crippen molar-refractivity contribution in [1.29, 1.82) is 0 Å². The molecule has 0 saturated carbocycles. The molecule has 0 aromatic carbocycles. The molecule has 3 aromatic rings. The van der Waals surface area contributed by atoms with Gasteiger partial charge >= 0.3 is 6.03 Å². The minimum atomic E-state index is -1.16. The standard InChI is InChI=1S/C24H25N5O3S2/c30-21(13-19-15-33-16-26-19)28-9-5-17(6-10-28)24(18-3-1-8-25-14-18)22(31)29(23(32)27-24)11-7-20-4-2-12-34-20/h1-4,8,12,14-17H,5-7,9-11,13H2,(H,27,32)/t24-/m1/s1. The van der Waals surface area contributed by atoms with Crippen LogP contribution in [-0.2, 0) is 28.0 Å². The summed E-state index contributed by atoms with van der Waals surface area (Å²) in [4.78, 5) is 52.4. The molecule has 4 amide bonds. The molecule has 0 bridgehead atoms. The highest BCUT2D eigenvalue weighted by molar-refractivity contribution is 7.09. The zero-order valence-corrected chi connectivity index (χ0v) is 20.2. The Morgan fingerprint density at radius 1 is 1.21 bits per heavy atom. The van der Waals surface area contributed by atoms with Gasteiger partial charge in [0.15, 0.2) is 5.54 Å². The van der Waals surface area contributed by atoms with Gasteiger partial charge in [0, 0.05) is 47.8 Å². The first-order chi connectivity index (χ1) is 16.6. The first-order valence-corrected chi connectivity index (χ1v) is 13.1. The summed E-state index contributed by atoms with van der Waals surface area (Å²) in [5.74, 6) is -0.323. The molecule has 2 aliphatic rings. The van der Waals surface area contributed by atoms with Crippen molar-refractivity contribution in [2.24, 2.45) is 5.92 Å². The SMILES string of the molecule is O=C(Cc1cscn1)N1CCC([C@]2(c3cccnc3)NC(=O)N(CCc3cccs3)C2=O)CC1. The number of carbonyl (C=O) groups is 3. The maximum Gasteiger partial charge on any atom is 0.325 e. The van der Waals surface area contributed by atoms with Gasteiger partial charge in [-0.1, -0.05) is 12.1 Å². The number of aromatic nitrogens is 2. The normalized spacial score (nSPS) is 21.2. The summed E-state index contributed by atoms with van der Waals surface area (Å²) in [5, 5.41) is 6.93. The summed E-state index contributed by atoms with van der Waals surface area (Å²) in [6.45, 7) is 1.40. The van der Waals surface area contributed by atoms with Crippen LogP contribution in [0.3, 0.4) is 0 Å². The quantitative estimate of drug-likeness (QED) is 0.509. The van der Waals surface area contributed by atoms with E-state index >= 15 is 0 Å². The number of imide groups is 1. The predicted molar refractivity (Wildman–Crippen MR) is 129 cm³/mol. The summed E-state index contributed by atoms with van der Waals surface area (Å²) in [6.07, 6.45) is 5.47. The lowest BCUT2D eigenvalue weighted by atomic mass is 9.73. The molecule has 0 unspecified atom stereocenters. The number of hydrogen-bond acceptors (Lipinski definition) is 7. The molecule has 10 heteroatoms. The first-order valence-electron chi connectivity index (χ1n) is 11.3. The highest BCUT2D eigenvalue weighted by Crippen LogP contribution is 2.41. The van der Waals surface area contributed by atoms with Crippen LogP contribution in [0.25, 0.3) is 0 Å². The lowest BCUT2D eigenvalue weighted by Crippen LogP contribution is -2.54. The van der Waals surface area contributed by atoms with Crippen molar-refractivity contribution >= 4 is 40.5 Å². The van der Waals surface area contributed by atoms with E-state index in [1.165, 1.54) is 16.2 Å². The third-order valence-corrected chi connectivity index (χ3v) is 8.26. The molecule has 1 N–H and O–H groups in total. The molecule has 176 valence electrons. The largest absolute Gasteiger partial charge is 0.342 e. The van der Waals surface area contributed by atoms with Crippen molar-refractivity contribution in [2.75, 3.05) is 19.6 Å². The Hall–Kier alpha value is -3.11. The van der Waals surface area contributed by atoms with Gasteiger partial charge in [-0.3, -0.25) is 19.5 Å². The van der Waals surface area contributed by atoms with Crippen LogP contribution >= 0.6 is 22.7 Å². The highest BCUT2D eigenvalue weighted by Gasteiger charge is 2.57. The Kier molecular flexibility index (Phi) is 6.42. The molecular formula is C24H25N5O3S2. The minimum absolute atomic E-state index is 0.0409. The van der Waals surface area contributed by atoms with Gasteiger partial charge in [-0.15, -0.1) is 22.7 Å². The molecule has 0 spiro atoms. The molecule has 2 aliphatic heterocycles. The Balaban J connectivity index is 1.34. The molecular weight excluding hydrogens is 470 g/mol. The number of nitrogens with zero attached hydrogens (tertiary/aromatic N) is 4. The van der Waals surface area contributed by atoms with Gasteiger partial charge in [0.05, 0.1) is 17.6 Å². The molecule has 0 radical (unpaired) electrons. The third kappa shape index (κ3) is 4.23. The summed E-state index contributed by atoms with van der Waals surface area (Å²) in [6, 6.07) is 7.25. The number of hydrogen-bond donors (Lipinski definition) is 1. The molecule has 34 heavy (non-hydrogen) atoms. The second-order valence-corrected chi connectivity index (χ2v) is 10.3. The van der Waals surface area contributed by atoms with Crippen molar-refractivity contribution < 1.29 is 14.4 Å². The lowest BCUT2D eigenvalue weighted by Gasteiger charge is -2.41. The molecule has 3 aromatic heterocycles. The Morgan fingerprint density at radius 3 is 2.74 bits per heavy atom. The second kappa shape index (κ2) is 9.63. The van der Waals surface area contributed by atoms with Gasteiger partial charge in [0.1, 0.15) is 0 Å². The third-order valence-electron chi connectivity index (χ3n) is 6.69. The van der Waals surface area contributed by atoms with Gasteiger partial charge in [-0.05, 0) is 42.7 Å². The fraction of sp³-hybridized carbons (Fsp3) is 0.375. The molecule has 2 fully saturated rings. The number of thiophene rings is 1. The van der Waals surface area contributed by atoms with E-state index in [1.807, 2.05) is 33.9 Å². The number of nitrogens with one attached hydrogen (secondary N) is 1. The van der Waals surface area contributed by atoms with Gasteiger partial charge in [0.2, 0.25) is 5.91 Å². The number of likely N-dealkylation sites (tertiary alicyclic amines) is 1.